The van der Waals surface area contributed by atoms with Crippen LogP contribution in [0.2, 0.25) is 0 Å². The normalized spacial score (nSPS) is 14.8. The molecule has 0 aromatic rings. The van der Waals surface area contributed by atoms with Gasteiger partial charge in [-0.15, -0.1) is 0 Å². The van der Waals surface area contributed by atoms with Gasteiger partial charge in [-0.2, -0.15) is 0 Å². The first-order chi connectivity index (χ1) is 4.71. The average molecular weight is 218 g/mol. The van der Waals surface area contributed by atoms with Gasteiger partial charge in [0.1, 0.15) is 9.84 Å². The van der Waals surface area contributed by atoms with Crippen LogP contribution < -0.4 is 0 Å². The molecular weight excluding hydrogens is 203 g/mol. The van der Waals surface area contributed by atoms with E-state index in [0.717, 1.165) is 0 Å². The molecule has 0 saturated carbocycles. The minimum Gasteiger partial charge on any atom is -0.282 e. The lowest BCUT2D eigenvalue weighted by Gasteiger charge is -2.09. The summed E-state index contributed by atoms with van der Waals surface area (Å²) in [5.41, 5.74) is 0. The van der Waals surface area contributed by atoms with E-state index in [1.165, 1.54) is 6.26 Å². The van der Waals surface area contributed by atoms with Crippen LogP contribution in [0.1, 0.15) is 6.42 Å². The lowest BCUT2D eigenvalue weighted by Crippen LogP contribution is -2.11. The van der Waals surface area contributed by atoms with Gasteiger partial charge in [0, 0.05) is 12.0 Å². The lowest BCUT2D eigenvalue weighted by molar-refractivity contribution is 0.600. The quantitative estimate of drug-likeness (QED) is 0.528. The molecule has 0 bridgehead atoms. The summed E-state index contributed by atoms with van der Waals surface area (Å²) >= 11 is 0. The van der Waals surface area contributed by atoms with E-state index in [4.69, 9.17) is 0 Å². The van der Waals surface area contributed by atoms with Crippen molar-refractivity contribution in [3.05, 3.63) is 0 Å². The third kappa shape index (κ3) is 10.5. The van der Waals surface area contributed by atoms with Crippen molar-refractivity contribution in [3.63, 3.8) is 0 Å². The van der Waals surface area contributed by atoms with Gasteiger partial charge < -0.3 is 0 Å². The minimum atomic E-state index is -2.88. The highest BCUT2D eigenvalue weighted by Gasteiger charge is 2.05. The van der Waals surface area contributed by atoms with Crippen molar-refractivity contribution in [2.45, 2.75) is 6.42 Å². The van der Waals surface area contributed by atoms with E-state index in [2.05, 4.69) is 8.44 Å². The highest BCUT2D eigenvalue weighted by Crippen LogP contribution is 2.10. The van der Waals surface area contributed by atoms with Gasteiger partial charge in [-0.3, -0.25) is 4.21 Å². The van der Waals surface area contributed by atoms with E-state index in [9.17, 15) is 12.6 Å². The average Bonchev–Trinajstić information content (AvgIpc) is 1.55. The molecule has 0 saturated heterocycles. The maximum absolute atomic E-state index is 11.1. The Morgan fingerprint density at radius 1 is 1.45 bits per heavy atom. The number of sulfone groups is 1. The number of thiol groups is 1. The molecule has 11 heavy (non-hydrogen) atoms. The Bertz CT molecular complexity index is 251. The molecular formula is C5H15O3PS2. The van der Waals surface area contributed by atoms with Crippen LogP contribution >= 0.6 is 8.44 Å². The van der Waals surface area contributed by atoms with E-state index >= 15 is 0 Å². The molecule has 0 rings (SSSR count). The van der Waals surface area contributed by atoms with Crippen LogP contribution in [-0.2, 0) is 19.4 Å². The molecule has 70 valence electrons. The summed E-state index contributed by atoms with van der Waals surface area (Å²) in [7, 11) is -2.71. The second-order valence-corrected chi connectivity index (χ2v) is 11.2. The molecule has 0 spiro atoms. The van der Waals surface area contributed by atoms with Crippen LogP contribution in [0.4, 0.5) is 0 Å². The smallest absolute Gasteiger partial charge is 0.147 e. The summed E-state index contributed by atoms with van der Waals surface area (Å²) in [5.74, 6) is 0.629. The van der Waals surface area contributed by atoms with Crippen LogP contribution in [-0.4, -0.2) is 36.6 Å². The number of hydrogen-bond donors (Lipinski definition) is 1. The zero-order valence-corrected chi connectivity index (χ0v) is 9.64. The monoisotopic (exact) mass is 218 g/mol. The summed E-state index contributed by atoms with van der Waals surface area (Å²) in [6, 6.07) is 0. The summed E-state index contributed by atoms with van der Waals surface area (Å²) < 4.78 is 32.3. The SMILES string of the molecule is CS(=O)(=O)CCC[SH](C)(=O)P. The van der Waals surface area contributed by atoms with E-state index in [1.54, 1.807) is 6.26 Å². The maximum atomic E-state index is 11.1. The molecule has 1 unspecified atom stereocenters. The van der Waals surface area contributed by atoms with Gasteiger partial charge in [0.05, 0.1) is 5.75 Å². The molecule has 0 aromatic carbocycles. The zero-order valence-electron chi connectivity index (χ0n) is 6.78. The minimum absolute atomic E-state index is 0.138. The summed E-state index contributed by atoms with van der Waals surface area (Å²) in [6.07, 6.45) is 3.33. The summed E-state index contributed by atoms with van der Waals surface area (Å²) in [6.45, 7) is 0. The van der Waals surface area contributed by atoms with Gasteiger partial charge in [0.25, 0.3) is 0 Å². The highest BCUT2D eigenvalue weighted by molar-refractivity contribution is 8.44. The van der Waals surface area contributed by atoms with Crippen molar-refractivity contribution < 1.29 is 12.6 Å². The van der Waals surface area contributed by atoms with Crippen molar-refractivity contribution in [1.29, 1.82) is 0 Å². The van der Waals surface area contributed by atoms with E-state index in [1.807, 2.05) is 0 Å². The molecule has 6 heteroatoms. The first-order valence-corrected chi connectivity index (χ1v) is 9.25. The molecule has 3 nitrogen and oxygen atoms in total. The first-order valence-electron chi connectivity index (χ1n) is 3.23. The molecule has 0 amide bonds. The van der Waals surface area contributed by atoms with Gasteiger partial charge in [0.15, 0.2) is 0 Å². The lowest BCUT2D eigenvalue weighted by atomic mass is 10.6. The number of hydrogen-bond acceptors (Lipinski definition) is 3. The second-order valence-electron chi connectivity index (χ2n) is 2.88. The van der Waals surface area contributed by atoms with E-state index < -0.39 is 19.4 Å². The van der Waals surface area contributed by atoms with Gasteiger partial charge >= 0.3 is 0 Å². The maximum Gasteiger partial charge on any atom is 0.147 e. The van der Waals surface area contributed by atoms with Crippen LogP contribution in [0.25, 0.3) is 0 Å². The van der Waals surface area contributed by atoms with Crippen LogP contribution in [0.15, 0.2) is 0 Å². The third-order valence-electron chi connectivity index (χ3n) is 1.12. The molecule has 0 aliphatic carbocycles. The van der Waals surface area contributed by atoms with Crippen molar-refractivity contribution >= 4 is 27.8 Å². The van der Waals surface area contributed by atoms with Crippen LogP contribution in [0, 0.1) is 0 Å². The van der Waals surface area contributed by atoms with Gasteiger partial charge in [-0.05, 0) is 12.7 Å². The number of rotatable bonds is 4. The fraction of sp³-hybridized carbons (Fsp3) is 1.00. The molecule has 0 aliphatic heterocycles. The van der Waals surface area contributed by atoms with Crippen LogP contribution in [0.3, 0.4) is 0 Å². The Balaban J connectivity index is 3.70. The molecule has 1 atom stereocenters. The van der Waals surface area contributed by atoms with Crippen LogP contribution in [0.5, 0.6) is 0 Å². The fourth-order valence-corrected chi connectivity index (χ4v) is 2.86. The predicted octanol–water partition coefficient (Wildman–Crippen LogP) is -0.142. The summed E-state index contributed by atoms with van der Waals surface area (Å²) in [4.78, 5) is 0. The Morgan fingerprint density at radius 2 is 1.91 bits per heavy atom. The summed E-state index contributed by atoms with van der Waals surface area (Å²) in [5, 5.41) is 0. The standard InChI is InChI=1S/C5H15O3PS2/c1-10(6,7)4-3-5-11(2,8)9/h11H,3-5,9H2,1-2H3. The topological polar surface area (TPSA) is 51.2 Å². The van der Waals surface area contributed by atoms with Gasteiger partial charge in [0.2, 0.25) is 0 Å². The highest BCUT2D eigenvalue weighted by atomic mass is 32.8. The molecule has 0 aliphatic rings. The largest absolute Gasteiger partial charge is 0.282 e. The fourth-order valence-electron chi connectivity index (χ4n) is 0.641. The Kier molecular flexibility index (Phi) is 4.16. The molecule has 0 aromatic heterocycles. The molecule has 0 radical (unpaired) electrons. The van der Waals surface area contributed by atoms with Gasteiger partial charge in [-0.25, -0.2) is 8.42 Å². The second kappa shape index (κ2) is 3.97. The molecule has 0 fully saturated rings. The predicted molar refractivity (Wildman–Crippen MR) is 54.4 cm³/mol. The zero-order chi connectivity index (χ0) is 9.12. The Morgan fingerprint density at radius 3 is 2.18 bits per heavy atom. The van der Waals surface area contributed by atoms with E-state index in [-0.39, 0.29) is 5.75 Å². The van der Waals surface area contributed by atoms with Crippen molar-refractivity contribution in [2.24, 2.45) is 0 Å². The first kappa shape index (κ1) is 11.5. The van der Waals surface area contributed by atoms with Gasteiger partial charge in [-0.1, -0.05) is 18.0 Å². The molecule has 0 N–H and O–H groups in total. The molecule has 0 heterocycles. The Hall–Kier alpha value is 0.530. The third-order valence-corrected chi connectivity index (χ3v) is 4.13. The van der Waals surface area contributed by atoms with Crippen molar-refractivity contribution in [1.82, 2.24) is 0 Å². The van der Waals surface area contributed by atoms with Crippen molar-refractivity contribution in [2.75, 3.05) is 24.0 Å². The Labute approximate surface area is 71.2 Å². The van der Waals surface area contributed by atoms with E-state index in [0.29, 0.717) is 12.2 Å². The van der Waals surface area contributed by atoms with Crippen molar-refractivity contribution in [3.8, 4) is 0 Å².